The largest absolute Gasteiger partial charge is 0.507 e. The molecule has 0 amide bonds. The number of Topliss-reactive ketones (excluding diaryl/α,β-unsaturated/α-hetero) is 1. The number of benzene rings is 2. The van der Waals surface area contributed by atoms with Crippen LogP contribution >= 0.6 is 0 Å². The molecule has 0 aromatic heterocycles. The third kappa shape index (κ3) is 4.80. The average molecular weight is 357 g/mol. The number of aromatic hydroxyl groups is 1. The van der Waals surface area contributed by atoms with Gasteiger partial charge in [0.15, 0.2) is 14.1 Å². The van der Waals surface area contributed by atoms with E-state index in [1.165, 1.54) is 0 Å². The monoisotopic (exact) mass is 356 g/mol. The summed E-state index contributed by atoms with van der Waals surface area (Å²) in [7, 11) is -2.05. The van der Waals surface area contributed by atoms with E-state index in [9.17, 15) is 9.90 Å². The SMILES string of the molecule is CC(C)(C)[Si](C)(C)O[C@H](CC(=O)c1ccccc1O)c1ccccc1. The zero-order valence-electron chi connectivity index (χ0n) is 15.7. The summed E-state index contributed by atoms with van der Waals surface area (Å²) < 4.78 is 6.56. The number of para-hydroxylation sites is 1. The molecule has 0 aliphatic heterocycles. The van der Waals surface area contributed by atoms with E-state index in [1.807, 2.05) is 30.3 Å². The van der Waals surface area contributed by atoms with E-state index in [0.29, 0.717) is 5.56 Å². The molecular formula is C21H28O3Si. The molecular weight excluding hydrogens is 328 g/mol. The molecule has 2 aromatic rings. The van der Waals surface area contributed by atoms with Gasteiger partial charge in [0.1, 0.15) is 5.75 Å². The van der Waals surface area contributed by atoms with Crippen LogP contribution in [0.2, 0.25) is 18.1 Å². The van der Waals surface area contributed by atoms with Gasteiger partial charge in [-0.25, -0.2) is 0 Å². The third-order valence-corrected chi connectivity index (χ3v) is 9.48. The van der Waals surface area contributed by atoms with E-state index >= 15 is 0 Å². The van der Waals surface area contributed by atoms with Crippen LogP contribution in [0, 0.1) is 0 Å². The lowest BCUT2D eigenvalue weighted by atomic mass is 10.00. The second-order valence-corrected chi connectivity index (χ2v) is 12.7. The Labute approximate surface area is 151 Å². The normalized spacial score (nSPS) is 13.5. The van der Waals surface area contributed by atoms with E-state index < -0.39 is 8.32 Å². The predicted octanol–water partition coefficient (Wildman–Crippen LogP) is 5.73. The van der Waals surface area contributed by atoms with Gasteiger partial charge in [-0.05, 0) is 35.8 Å². The predicted molar refractivity (Wildman–Crippen MR) is 105 cm³/mol. The van der Waals surface area contributed by atoms with Gasteiger partial charge in [-0.3, -0.25) is 4.79 Å². The van der Waals surface area contributed by atoms with E-state index in [4.69, 9.17) is 4.43 Å². The molecule has 0 radical (unpaired) electrons. The second-order valence-electron chi connectivity index (χ2n) is 7.92. The summed E-state index contributed by atoms with van der Waals surface area (Å²) in [5.74, 6) is -0.0858. The van der Waals surface area contributed by atoms with Gasteiger partial charge >= 0.3 is 0 Å². The summed E-state index contributed by atoms with van der Waals surface area (Å²) in [6, 6.07) is 16.5. The van der Waals surface area contributed by atoms with E-state index in [2.05, 4.69) is 33.9 Å². The molecule has 134 valence electrons. The Balaban J connectivity index is 2.30. The minimum Gasteiger partial charge on any atom is -0.507 e. The van der Waals surface area contributed by atoms with Crippen LogP contribution in [0.25, 0.3) is 0 Å². The Morgan fingerprint density at radius 1 is 1.04 bits per heavy atom. The van der Waals surface area contributed by atoms with Gasteiger partial charge in [-0.15, -0.1) is 0 Å². The van der Waals surface area contributed by atoms with Crippen LogP contribution in [0.15, 0.2) is 54.6 Å². The first-order valence-electron chi connectivity index (χ1n) is 8.66. The van der Waals surface area contributed by atoms with Crippen molar-refractivity contribution in [2.45, 2.75) is 51.4 Å². The van der Waals surface area contributed by atoms with Crippen molar-refractivity contribution in [3.63, 3.8) is 0 Å². The summed E-state index contributed by atoms with van der Waals surface area (Å²) >= 11 is 0. The highest BCUT2D eigenvalue weighted by molar-refractivity contribution is 6.74. The maximum atomic E-state index is 12.8. The second kappa shape index (κ2) is 7.54. The number of carbonyl (C=O) groups is 1. The number of hydrogen-bond acceptors (Lipinski definition) is 3. The molecule has 0 bridgehead atoms. The lowest BCUT2D eigenvalue weighted by Crippen LogP contribution is -2.42. The molecule has 0 spiro atoms. The van der Waals surface area contributed by atoms with Crippen molar-refractivity contribution in [2.24, 2.45) is 0 Å². The van der Waals surface area contributed by atoms with Crippen molar-refractivity contribution in [3.8, 4) is 5.75 Å². The minimum atomic E-state index is -2.05. The maximum Gasteiger partial charge on any atom is 0.192 e. The van der Waals surface area contributed by atoms with Crippen molar-refractivity contribution in [1.82, 2.24) is 0 Å². The van der Waals surface area contributed by atoms with Crippen LogP contribution in [0.1, 0.15) is 49.2 Å². The van der Waals surface area contributed by atoms with Crippen molar-refractivity contribution in [3.05, 3.63) is 65.7 Å². The standard InChI is InChI=1S/C21H28O3Si/c1-21(2,3)25(4,5)24-20(16-11-7-6-8-12-16)15-19(23)17-13-9-10-14-18(17)22/h6-14,20,22H,15H2,1-5H3/t20-/m1/s1. The summed E-state index contributed by atoms with van der Waals surface area (Å²) in [4.78, 5) is 12.8. The molecule has 0 fully saturated rings. The van der Waals surface area contributed by atoms with Crippen molar-refractivity contribution in [2.75, 3.05) is 0 Å². The van der Waals surface area contributed by atoms with Crippen molar-refractivity contribution < 1.29 is 14.3 Å². The van der Waals surface area contributed by atoms with Crippen LogP contribution in [-0.4, -0.2) is 19.2 Å². The fourth-order valence-corrected chi connectivity index (χ4v) is 3.70. The molecule has 0 unspecified atom stereocenters. The topological polar surface area (TPSA) is 46.5 Å². The number of ketones is 1. The zero-order chi connectivity index (χ0) is 18.7. The van der Waals surface area contributed by atoms with Crippen LogP contribution in [0.5, 0.6) is 5.75 Å². The van der Waals surface area contributed by atoms with Crippen molar-refractivity contribution >= 4 is 14.1 Å². The summed E-state index contributed by atoms with van der Waals surface area (Å²) in [6.07, 6.45) is -0.0946. The summed E-state index contributed by atoms with van der Waals surface area (Å²) in [5, 5.41) is 10.0. The number of rotatable bonds is 6. The van der Waals surface area contributed by atoms with Gasteiger partial charge in [0.2, 0.25) is 0 Å². The quantitative estimate of drug-likeness (QED) is 0.531. The van der Waals surface area contributed by atoms with Crippen LogP contribution in [-0.2, 0) is 4.43 Å². The molecule has 0 saturated heterocycles. The molecule has 1 N–H and O–H groups in total. The highest BCUT2D eigenvalue weighted by Gasteiger charge is 2.40. The third-order valence-electron chi connectivity index (χ3n) is 4.99. The summed E-state index contributed by atoms with van der Waals surface area (Å²) in [5.41, 5.74) is 1.35. The average Bonchev–Trinajstić information content (AvgIpc) is 2.54. The Kier molecular flexibility index (Phi) is 5.86. The molecule has 0 aliphatic rings. The van der Waals surface area contributed by atoms with E-state index in [1.54, 1.807) is 24.3 Å². The number of carbonyl (C=O) groups excluding carboxylic acids is 1. The molecule has 0 heterocycles. The Hall–Kier alpha value is -1.91. The molecule has 2 aromatic carbocycles. The number of phenols is 1. The highest BCUT2D eigenvalue weighted by Crippen LogP contribution is 2.41. The molecule has 0 saturated carbocycles. The maximum absolute atomic E-state index is 12.8. The molecule has 2 rings (SSSR count). The first-order chi connectivity index (χ1) is 11.6. The van der Waals surface area contributed by atoms with Gasteiger partial charge < -0.3 is 9.53 Å². The minimum absolute atomic E-state index is 0.0200. The smallest absolute Gasteiger partial charge is 0.192 e. The number of hydrogen-bond donors (Lipinski definition) is 1. The highest BCUT2D eigenvalue weighted by atomic mass is 28.4. The number of phenolic OH excluding ortho intramolecular Hbond substituents is 1. The first-order valence-corrected chi connectivity index (χ1v) is 11.6. The zero-order valence-corrected chi connectivity index (χ0v) is 16.7. The van der Waals surface area contributed by atoms with Crippen molar-refractivity contribution in [1.29, 1.82) is 0 Å². The van der Waals surface area contributed by atoms with Crippen LogP contribution < -0.4 is 0 Å². The van der Waals surface area contributed by atoms with Gasteiger partial charge in [-0.2, -0.15) is 0 Å². The Bertz CT molecular complexity index is 717. The van der Waals surface area contributed by atoms with E-state index in [0.717, 1.165) is 5.56 Å². The molecule has 3 nitrogen and oxygen atoms in total. The van der Waals surface area contributed by atoms with Gasteiger partial charge in [0.05, 0.1) is 11.7 Å². The molecule has 0 aliphatic carbocycles. The van der Waals surface area contributed by atoms with E-state index in [-0.39, 0.29) is 29.1 Å². The fraction of sp³-hybridized carbons (Fsp3) is 0.381. The molecule has 25 heavy (non-hydrogen) atoms. The van der Waals surface area contributed by atoms with Gasteiger partial charge in [0, 0.05) is 6.42 Å². The molecule has 4 heteroatoms. The Morgan fingerprint density at radius 2 is 1.60 bits per heavy atom. The van der Waals surface area contributed by atoms with Crippen LogP contribution in [0.3, 0.4) is 0 Å². The first kappa shape index (κ1) is 19.4. The van der Waals surface area contributed by atoms with Gasteiger partial charge in [-0.1, -0.05) is 63.2 Å². The fourth-order valence-electron chi connectivity index (χ4n) is 2.42. The van der Waals surface area contributed by atoms with Crippen LogP contribution in [0.4, 0.5) is 0 Å². The lowest BCUT2D eigenvalue weighted by molar-refractivity contribution is 0.0889. The Morgan fingerprint density at radius 3 is 2.16 bits per heavy atom. The molecule has 1 atom stereocenters. The van der Waals surface area contributed by atoms with Gasteiger partial charge in [0.25, 0.3) is 0 Å². The lowest BCUT2D eigenvalue weighted by Gasteiger charge is -2.39. The summed E-state index contributed by atoms with van der Waals surface area (Å²) in [6.45, 7) is 10.9.